The maximum absolute atomic E-state index is 12.2. The Labute approximate surface area is 152 Å². The van der Waals surface area contributed by atoms with Crippen molar-refractivity contribution in [3.8, 4) is 5.75 Å². The smallest absolute Gasteiger partial charge is 0.226 e. The number of rotatable bonds is 5. The van der Waals surface area contributed by atoms with Crippen LogP contribution in [0.5, 0.6) is 5.75 Å². The monoisotopic (exact) mass is 352 g/mol. The Kier molecular flexibility index (Phi) is 4.34. The van der Waals surface area contributed by atoms with Gasteiger partial charge < -0.3 is 9.64 Å². The molecule has 0 saturated carbocycles. The number of nitrogens with zero attached hydrogens (tertiary/aromatic N) is 4. The molecule has 0 spiro atoms. The summed E-state index contributed by atoms with van der Waals surface area (Å²) in [4.78, 5) is 7.12. The fourth-order valence-electron chi connectivity index (χ4n) is 3.28. The maximum atomic E-state index is 12.2. The Morgan fingerprint density at radius 2 is 1.81 bits per heavy atom. The van der Waals surface area contributed by atoms with E-state index in [0.717, 1.165) is 35.1 Å². The zero-order valence-corrected chi connectivity index (χ0v) is 14.9. The van der Waals surface area contributed by atoms with Gasteiger partial charge >= 0.3 is 0 Å². The number of benzene rings is 2. The first-order valence-electron chi connectivity index (χ1n) is 8.61. The molecule has 0 aliphatic carbocycles. The van der Waals surface area contributed by atoms with Crippen LogP contribution in [0.4, 0.5) is 15.8 Å². The number of anilines is 2. The van der Waals surface area contributed by atoms with Gasteiger partial charge in [-0.1, -0.05) is 12.1 Å². The van der Waals surface area contributed by atoms with Crippen LogP contribution < -0.4 is 14.6 Å². The van der Waals surface area contributed by atoms with Gasteiger partial charge in [-0.25, -0.2) is 19.4 Å². The highest BCUT2D eigenvalue weighted by Gasteiger charge is 2.35. The lowest BCUT2D eigenvalue weighted by molar-refractivity contribution is 0.273. The largest absolute Gasteiger partial charge is 0.491 e. The SMILES string of the molecule is CN(C)N1C2=NC(c3ccc(OCCF)cc3)=CCN2c2ccccc21. The molecular weight excluding hydrogens is 331 g/mol. The van der Waals surface area contributed by atoms with Crippen molar-refractivity contribution in [3.05, 3.63) is 60.2 Å². The van der Waals surface area contributed by atoms with Crippen LogP contribution in [0.15, 0.2) is 59.6 Å². The Morgan fingerprint density at radius 1 is 1.08 bits per heavy atom. The molecule has 0 aromatic heterocycles. The van der Waals surface area contributed by atoms with E-state index in [1.807, 2.05) is 55.5 Å². The minimum Gasteiger partial charge on any atom is -0.491 e. The summed E-state index contributed by atoms with van der Waals surface area (Å²) in [6, 6.07) is 15.9. The van der Waals surface area contributed by atoms with Crippen molar-refractivity contribution in [2.75, 3.05) is 43.8 Å². The number of aliphatic imine (C=N–C) groups is 1. The van der Waals surface area contributed by atoms with Crippen molar-refractivity contribution in [1.82, 2.24) is 5.01 Å². The van der Waals surface area contributed by atoms with Crippen molar-refractivity contribution >= 4 is 23.0 Å². The number of hydrogen-bond donors (Lipinski definition) is 0. The molecule has 2 aliphatic heterocycles. The van der Waals surface area contributed by atoms with Gasteiger partial charge in [0.25, 0.3) is 0 Å². The minimum absolute atomic E-state index is 0.0787. The van der Waals surface area contributed by atoms with E-state index in [-0.39, 0.29) is 6.61 Å². The number of hydrogen-bond acceptors (Lipinski definition) is 5. The van der Waals surface area contributed by atoms with E-state index in [1.165, 1.54) is 0 Å². The molecule has 5 nitrogen and oxygen atoms in total. The van der Waals surface area contributed by atoms with Crippen molar-refractivity contribution in [1.29, 1.82) is 0 Å². The zero-order valence-electron chi connectivity index (χ0n) is 14.9. The van der Waals surface area contributed by atoms with E-state index < -0.39 is 6.67 Å². The van der Waals surface area contributed by atoms with E-state index in [9.17, 15) is 4.39 Å². The van der Waals surface area contributed by atoms with Crippen LogP contribution in [0.3, 0.4) is 0 Å². The van der Waals surface area contributed by atoms with Gasteiger partial charge in [-0.05, 0) is 42.5 Å². The Hall–Kier alpha value is -2.86. The van der Waals surface area contributed by atoms with Crippen molar-refractivity contribution in [3.63, 3.8) is 0 Å². The molecule has 134 valence electrons. The standard InChI is InChI=1S/C20H21FN4O/c1-23(2)25-19-6-4-3-5-18(19)24-13-11-17(22-20(24)25)15-7-9-16(10-8-15)26-14-12-21/h3-11H,12-14H2,1-2H3. The van der Waals surface area contributed by atoms with Crippen LogP contribution in [0.25, 0.3) is 5.70 Å². The zero-order chi connectivity index (χ0) is 18.1. The first-order chi connectivity index (χ1) is 12.7. The minimum atomic E-state index is -0.489. The molecule has 0 unspecified atom stereocenters. The van der Waals surface area contributed by atoms with Crippen molar-refractivity contribution in [2.24, 2.45) is 4.99 Å². The summed E-state index contributed by atoms with van der Waals surface area (Å²) in [5, 5.41) is 4.15. The first kappa shape index (κ1) is 16.6. The summed E-state index contributed by atoms with van der Waals surface area (Å²) in [7, 11) is 4.02. The second-order valence-electron chi connectivity index (χ2n) is 6.32. The van der Waals surface area contributed by atoms with Crippen LogP contribution in [0.1, 0.15) is 5.56 Å². The molecule has 0 amide bonds. The molecule has 6 heteroatoms. The fraction of sp³-hybridized carbons (Fsp3) is 0.250. The van der Waals surface area contributed by atoms with Crippen LogP contribution in [0, 0.1) is 0 Å². The third-order valence-electron chi connectivity index (χ3n) is 4.42. The molecule has 0 N–H and O–H groups in total. The third kappa shape index (κ3) is 2.82. The highest BCUT2D eigenvalue weighted by Crippen LogP contribution is 2.39. The van der Waals surface area contributed by atoms with Gasteiger partial charge in [-0.3, -0.25) is 0 Å². The Morgan fingerprint density at radius 3 is 2.50 bits per heavy atom. The number of para-hydroxylation sites is 2. The molecule has 2 aromatic carbocycles. The summed E-state index contributed by atoms with van der Waals surface area (Å²) in [5.41, 5.74) is 4.22. The second kappa shape index (κ2) is 6.80. The topological polar surface area (TPSA) is 31.3 Å². The van der Waals surface area contributed by atoms with Crippen molar-refractivity contribution in [2.45, 2.75) is 0 Å². The molecule has 0 bridgehead atoms. The first-order valence-corrected chi connectivity index (χ1v) is 8.61. The summed E-state index contributed by atoms with van der Waals surface area (Å²) in [5.74, 6) is 1.56. The van der Waals surface area contributed by atoms with Crippen molar-refractivity contribution < 1.29 is 9.13 Å². The third-order valence-corrected chi connectivity index (χ3v) is 4.42. The van der Waals surface area contributed by atoms with Crippen LogP contribution >= 0.6 is 0 Å². The molecule has 2 aliphatic rings. The molecule has 2 aromatic rings. The summed E-state index contributed by atoms with van der Waals surface area (Å²) < 4.78 is 17.5. The predicted molar refractivity (Wildman–Crippen MR) is 103 cm³/mol. The van der Waals surface area contributed by atoms with Gasteiger partial charge in [0.05, 0.1) is 17.1 Å². The van der Waals surface area contributed by atoms with Gasteiger partial charge in [-0.15, -0.1) is 0 Å². The normalized spacial score (nSPS) is 15.5. The molecular formula is C20H21FN4O. The second-order valence-corrected chi connectivity index (χ2v) is 6.32. The Bertz CT molecular complexity index is 860. The molecule has 0 saturated heterocycles. The molecule has 26 heavy (non-hydrogen) atoms. The lowest BCUT2D eigenvalue weighted by atomic mass is 10.1. The van der Waals surface area contributed by atoms with E-state index in [2.05, 4.69) is 28.1 Å². The highest BCUT2D eigenvalue weighted by atomic mass is 19.1. The summed E-state index contributed by atoms with van der Waals surface area (Å²) >= 11 is 0. The number of ether oxygens (including phenoxy) is 1. The number of hydrazine groups is 1. The average molecular weight is 352 g/mol. The molecule has 4 rings (SSSR count). The lowest BCUT2D eigenvalue weighted by Crippen LogP contribution is -2.46. The van der Waals surface area contributed by atoms with Crippen LogP contribution in [-0.4, -0.2) is 44.9 Å². The van der Waals surface area contributed by atoms with Gasteiger partial charge in [0.15, 0.2) is 0 Å². The highest BCUT2D eigenvalue weighted by molar-refractivity contribution is 6.17. The number of fused-ring (bicyclic) bond motifs is 3. The van der Waals surface area contributed by atoms with E-state index >= 15 is 0 Å². The van der Waals surface area contributed by atoms with E-state index in [0.29, 0.717) is 5.75 Å². The van der Waals surface area contributed by atoms with Crippen LogP contribution in [0.2, 0.25) is 0 Å². The molecule has 0 radical (unpaired) electrons. The predicted octanol–water partition coefficient (Wildman–Crippen LogP) is 3.55. The number of alkyl halides is 1. The van der Waals surface area contributed by atoms with Gasteiger partial charge in [0.2, 0.25) is 5.96 Å². The van der Waals surface area contributed by atoms with Gasteiger partial charge in [-0.2, -0.15) is 0 Å². The Balaban J connectivity index is 1.64. The maximum Gasteiger partial charge on any atom is 0.226 e. The number of guanidine groups is 1. The molecule has 0 fully saturated rings. The summed E-state index contributed by atoms with van der Waals surface area (Å²) in [6.07, 6.45) is 2.12. The quantitative estimate of drug-likeness (QED) is 0.824. The van der Waals surface area contributed by atoms with E-state index in [4.69, 9.17) is 9.73 Å². The average Bonchev–Trinajstić information content (AvgIpc) is 3.00. The molecule has 0 atom stereocenters. The summed E-state index contributed by atoms with van der Waals surface area (Å²) in [6.45, 7) is 0.350. The fourth-order valence-corrected chi connectivity index (χ4v) is 3.28. The van der Waals surface area contributed by atoms with E-state index in [1.54, 1.807) is 0 Å². The van der Waals surface area contributed by atoms with Gasteiger partial charge in [0, 0.05) is 26.2 Å². The molecule has 2 heterocycles. The van der Waals surface area contributed by atoms with Crippen LogP contribution in [-0.2, 0) is 0 Å². The van der Waals surface area contributed by atoms with Gasteiger partial charge in [0.1, 0.15) is 19.0 Å². The number of halogens is 1. The lowest BCUT2D eigenvalue weighted by Gasteiger charge is -2.30.